The van der Waals surface area contributed by atoms with Gasteiger partial charge < -0.3 is 91.8 Å². The Hall–Kier alpha value is -1.35. The molecule has 5 saturated heterocycles. The fraction of sp³-hybridized carbons (Fsp3) is 0.945. The van der Waals surface area contributed by atoms with E-state index in [9.17, 15) is 30.3 Å². The van der Waals surface area contributed by atoms with E-state index in [1.807, 2.05) is 27.7 Å². The molecule has 0 aromatic heterocycles. The quantitative estimate of drug-likeness (QED) is 0.147. The molecule has 8 fully saturated rings. The second-order valence-corrected chi connectivity index (χ2v) is 24.0. The van der Waals surface area contributed by atoms with E-state index in [0.717, 1.165) is 5.57 Å². The molecule has 0 radical (unpaired) electrons. The van der Waals surface area contributed by atoms with Crippen molar-refractivity contribution in [2.24, 2.45) is 22.7 Å². The largest absolute Gasteiger partial charge is 0.392 e. The van der Waals surface area contributed by atoms with Gasteiger partial charge in [0, 0.05) is 77.8 Å². The number of carbonyl (C=O) groups is 1. The van der Waals surface area contributed by atoms with Crippen molar-refractivity contribution in [2.75, 3.05) is 28.4 Å². The zero-order valence-corrected chi connectivity index (χ0v) is 46.3. The lowest BCUT2D eigenvalue weighted by Crippen LogP contribution is -2.75. The molecule has 5 aliphatic heterocycles. The van der Waals surface area contributed by atoms with Gasteiger partial charge in [-0.25, -0.2) is 0 Å². The highest BCUT2D eigenvalue weighted by atomic mass is 16.8. The molecule has 0 aromatic carbocycles. The first-order valence-electron chi connectivity index (χ1n) is 27.9. The Morgan fingerprint density at radius 1 is 0.573 bits per heavy atom. The van der Waals surface area contributed by atoms with E-state index in [2.05, 4.69) is 13.0 Å². The van der Waals surface area contributed by atoms with Crippen molar-refractivity contribution in [3.8, 4) is 0 Å². The van der Waals surface area contributed by atoms with Gasteiger partial charge in [-0.1, -0.05) is 25.5 Å². The van der Waals surface area contributed by atoms with E-state index < -0.39 is 157 Å². The summed E-state index contributed by atoms with van der Waals surface area (Å²) in [5, 5.41) is 58.7. The smallest absolute Gasteiger partial charge is 0.161 e. The Bertz CT molecular complexity index is 1970. The minimum Gasteiger partial charge on any atom is -0.392 e. The topological polar surface area (TPSA) is 247 Å². The van der Waals surface area contributed by atoms with Crippen LogP contribution in [0.4, 0.5) is 0 Å². The molecule has 28 unspecified atom stereocenters. The van der Waals surface area contributed by atoms with Crippen LogP contribution >= 0.6 is 0 Å². The summed E-state index contributed by atoms with van der Waals surface area (Å²) in [5.74, 6) is -0.978. The number of ketones is 1. The van der Waals surface area contributed by atoms with Gasteiger partial charge in [0.2, 0.25) is 0 Å². The zero-order valence-electron chi connectivity index (χ0n) is 46.3. The second kappa shape index (κ2) is 22.9. The van der Waals surface area contributed by atoms with Crippen molar-refractivity contribution in [1.82, 2.24) is 0 Å². The Labute approximate surface area is 442 Å². The van der Waals surface area contributed by atoms with Gasteiger partial charge in [-0.3, -0.25) is 4.79 Å². The minimum atomic E-state index is -1.60. The van der Waals surface area contributed by atoms with E-state index in [1.54, 1.807) is 42.3 Å². The molecular formula is C55H90O20. The standard InChI is InChI=1S/C55H90O20/c1-26(56)34-15-18-55(61)53(34,8)41(58)25-40-52(7)16-14-33(19-32(52)13-17-54(40,55)60)71-42-20-35(57)48(28(3)67-42)72-44-22-37(63-10)50(29(4)68-44)74-46-24-39(65-12)51(31(6)70-46)75-45-23-38(64-11)49(30(5)69-45)73-43-21-36(62-9)47(59)27(2)66-43/h13,27-31,33-51,57-61H,14-25H2,1-12H3. The number of aliphatic hydroxyl groups is 5. The van der Waals surface area contributed by atoms with Crippen molar-refractivity contribution < 1.29 is 96.6 Å². The Kier molecular flexibility index (Phi) is 17.8. The lowest BCUT2D eigenvalue weighted by molar-refractivity contribution is -0.351. The van der Waals surface area contributed by atoms with Crippen LogP contribution in [0, 0.1) is 22.7 Å². The predicted molar refractivity (Wildman–Crippen MR) is 265 cm³/mol. The summed E-state index contributed by atoms with van der Waals surface area (Å²) in [4.78, 5) is 12.7. The van der Waals surface area contributed by atoms with Gasteiger partial charge >= 0.3 is 0 Å². The molecular weight excluding hydrogens is 981 g/mol. The van der Waals surface area contributed by atoms with Crippen molar-refractivity contribution in [3.05, 3.63) is 11.6 Å². The molecule has 28 atom stereocenters. The second-order valence-electron chi connectivity index (χ2n) is 24.0. The maximum absolute atomic E-state index is 12.7. The number of carbonyl (C=O) groups excluding carboxylic acids is 1. The molecule has 20 nitrogen and oxygen atoms in total. The van der Waals surface area contributed by atoms with Crippen LogP contribution in [-0.2, 0) is 71.1 Å². The zero-order chi connectivity index (χ0) is 54.1. The summed E-state index contributed by atoms with van der Waals surface area (Å²) < 4.78 is 87.7. The maximum Gasteiger partial charge on any atom is 0.161 e. The maximum atomic E-state index is 12.7. The summed E-state index contributed by atoms with van der Waals surface area (Å²) >= 11 is 0. The van der Waals surface area contributed by atoms with E-state index in [0.29, 0.717) is 57.8 Å². The molecule has 0 bridgehead atoms. The van der Waals surface area contributed by atoms with Crippen LogP contribution in [0.2, 0.25) is 0 Å². The number of aliphatic hydroxyl groups excluding tert-OH is 3. The van der Waals surface area contributed by atoms with Crippen LogP contribution in [-0.4, -0.2) is 206 Å². The fourth-order valence-electron chi connectivity index (χ4n) is 15.5. The number of methoxy groups -OCH3 is 4. The third-order valence-electron chi connectivity index (χ3n) is 19.9. The minimum absolute atomic E-state index is 0.0644. The molecule has 5 N–H and O–H groups in total. The lowest BCUT2D eigenvalue weighted by atomic mass is 9.43. The van der Waals surface area contributed by atoms with Gasteiger partial charge in [-0.2, -0.15) is 0 Å². The van der Waals surface area contributed by atoms with Gasteiger partial charge in [0.25, 0.3) is 0 Å². The molecule has 0 amide bonds. The molecule has 9 aliphatic rings. The third kappa shape index (κ3) is 10.6. The van der Waals surface area contributed by atoms with Crippen molar-refractivity contribution in [2.45, 2.75) is 279 Å². The summed E-state index contributed by atoms with van der Waals surface area (Å²) in [5.41, 5.74) is -3.57. The van der Waals surface area contributed by atoms with Crippen LogP contribution in [0.5, 0.6) is 0 Å². The van der Waals surface area contributed by atoms with Crippen LogP contribution in [0.15, 0.2) is 11.6 Å². The van der Waals surface area contributed by atoms with Gasteiger partial charge in [0.05, 0.1) is 73.2 Å². The van der Waals surface area contributed by atoms with E-state index >= 15 is 0 Å². The molecule has 430 valence electrons. The Morgan fingerprint density at radius 3 is 1.48 bits per heavy atom. The lowest BCUT2D eigenvalue weighted by Gasteiger charge is -2.66. The molecule has 3 saturated carbocycles. The Morgan fingerprint density at radius 2 is 1.01 bits per heavy atom. The average molecular weight is 1070 g/mol. The van der Waals surface area contributed by atoms with Gasteiger partial charge in [0.1, 0.15) is 47.5 Å². The van der Waals surface area contributed by atoms with Crippen LogP contribution in [0.25, 0.3) is 0 Å². The SMILES string of the molecule is COC1CC(OC2C(C)OC(OC3C(C)OC(OC4C(C)OC(OC5C(O)CC(OC6CCC7(C)C(=CCC8(O)C7CC(O)C7(C)C(C(C)=O)CCC87O)C6)OC5C)CC4OC)CC3OC)CC2OC)OC(C)C1O. The van der Waals surface area contributed by atoms with E-state index in [-0.39, 0.29) is 37.3 Å². The third-order valence-corrected chi connectivity index (χ3v) is 19.9. The Balaban J connectivity index is 0.744. The average Bonchev–Trinajstić information content (AvgIpc) is 3.66. The van der Waals surface area contributed by atoms with Crippen LogP contribution in [0.1, 0.15) is 132 Å². The molecule has 20 heteroatoms. The summed E-state index contributed by atoms with van der Waals surface area (Å²) in [7, 11) is 6.45. The number of ether oxygens (including phenoxy) is 14. The number of hydrogen-bond acceptors (Lipinski definition) is 20. The highest BCUT2D eigenvalue weighted by molar-refractivity contribution is 5.80. The predicted octanol–water partition coefficient (Wildman–Crippen LogP) is 3.74. The molecule has 9 rings (SSSR count). The van der Waals surface area contributed by atoms with Crippen LogP contribution < -0.4 is 0 Å². The number of fused-ring (bicyclic) bond motifs is 5. The van der Waals surface area contributed by atoms with Crippen molar-refractivity contribution >= 4 is 5.78 Å². The molecule has 4 aliphatic carbocycles. The first-order chi connectivity index (χ1) is 35.5. The molecule has 5 heterocycles. The molecule has 0 aromatic rings. The first kappa shape index (κ1) is 58.3. The first-order valence-corrected chi connectivity index (χ1v) is 27.9. The van der Waals surface area contributed by atoms with E-state index in [4.69, 9.17) is 66.3 Å². The highest BCUT2D eigenvalue weighted by Gasteiger charge is 2.76. The van der Waals surface area contributed by atoms with E-state index in [1.165, 1.54) is 6.92 Å². The molecule has 75 heavy (non-hydrogen) atoms. The summed E-state index contributed by atoms with van der Waals surface area (Å²) in [6.45, 7) is 14.8. The number of Topliss-reactive ketones (excluding diaryl/α,β-unsaturated/α-hetero) is 1. The van der Waals surface area contributed by atoms with Crippen molar-refractivity contribution in [1.29, 1.82) is 0 Å². The normalized spacial score (nSPS) is 53.3. The highest BCUT2D eigenvalue weighted by Crippen LogP contribution is 2.69. The number of rotatable bonds is 15. The molecule has 0 spiro atoms. The number of hydrogen-bond donors (Lipinski definition) is 5. The monoisotopic (exact) mass is 1070 g/mol. The summed E-state index contributed by atoms with van der Waals surface area (Å²) in [6, 6.07) is 0. The van der Waals surface area contributed by atoms with Gasteiger partial charge in [0.15, 0.2) is 31.5 Å². The van der Waals surface area contributed by atoms with Gasteiger partial charge in [-0.05, 0) is 91.9 Å². The van der Waals surface area contributed by atoms with Crippen LogP contribution in [0.3, 0.4) is 0 Å². The fourth-order valence-corrected chi connectivity index (χ4v) is 15.5. The van der Waals surface area contributed by atoms with Crippen molar-refractivity contribution in [3.63, 3.8) is 0 Å². The summed E-state index contributed by atoms with van der Waals surface area (Å²) in [6.07, 6.45) is -5.44. The van der Waals surface area contributed by atoms with Gasteiger partial charge in [-0.15, -0.1) is 0 Å².